The molecule has 2 atom stereocenters. The fraction of sp³-hybridized carbons (Fsp3) is 0.357. The third kappa shape index (κ3) is 1.64. The summed E-state index contributed by atoms with van der Waals surface area (Å²) in [5.41, 5.74) is 0.0618. The standard InChI is InChI=1S/C14H13NO2S/c15-8-14(5-6-17-9-14)13(16)11-7-18-12-4-2-1-3-10(11)12/h1-4,7,13,16H,5-6,9H2. The van der Waals surface area contributed by atoms with Crippen molar-refractivity contribution < 1.29 is 9.84 Å². The summed E-state index contributed by atoms with van der Waals surface area (Å²) < 4.78 is 6.44. The van der Waals surface area contributed by atoms with Crippen LogP contribution in [-0.4, -0.2) is 18.3 Å². The molecule has 0 spiro atoms. The molecule has 3 nitrogen and oxygen atoms in total. The lowest BCUT2D eigenvalue weighted by atomic mass is 9.79. The average Bonchev–Trinajstić information content (AvgIpc) is 3.05. The van der Waals surface area contributed by atoms with Gasteiger partial charge >= 0.3 is 0 Å². The lowest BCUT2D eigenvalue weighted by Crippen LogP contribution is -2.27. The van der Waals surface area contributed by atoms with Gasteiger partial charge in [-0.05, 0) is 23.3 Å². The van der Waals surface area contributed by atoms with E-state index in [4.69, 9.17) is 4.74 Å². The number of rotatable bonds is 2. The van der Waals surface area contributed by atoms with Crippen LogP contribution in [0.25, 0.3) is 10.1 Å². The maximum atomic E-state index is 10.6. The molecule has 92 valence electrons. The molecule has 2 unspecified atom stereocenters. The summed E-state index contributed by atoms with van der Waals surface area (Å²) in [6.45, 7) is 0.863. The van der Waals surface area contributed by atoms with Crippen LogP contribution in [0, 0.1) is 16.7 Å². The fourth-order valence-corrected chi connectivity index (χ4v) is 3.43. The molecule has 1 fully saturated rings. The van der Waals surface area contributed by atoms with Crippen LogP contribution >= 0.6 is 11.3 Å². The molecular formula is C14H13NO2S. The molecular weight excluding hydrogens is 246 g/mol. The third-order valence-electron chi connectivity index (χ3n) is 3.60. The van der Waals surface area contributed by atoms with E-state index >= 15 is 0 Å². The van der Waals surface area contributed by atoms with Gasteiger partial charge in [-0.25, -0.2) is 0 Å². The van der Waals surface area contributed by atoms with Crippen molar-refractivity contribution in [1.29, 1.82) is 5.26 Å². The summed E-state index contributed by atoms with van der Waals surface area (Å²) in [4.78, 5) is 0. The van der Waals surface area contributed by atoms with Crippen molar-refractivity contribution in [2.75, 3.05) is 13.2 Å². The minimum Gasteiger partial charge on any atom is -0.387 e. The van der Waals surface area contributed by atoms with Crippen LogP contribution in [0.2, 0.25) is 0 Å². The molecule has 4 heteroatoms. The third-order valence-corrected chi connectivity index (χ3v) is 4.59. The number of nitrogens with zero attached hydrogens (tertiary/aromatic N) is 1. The Hall–Kier alpha value is -1.41. The van der Waals surface area contributed by atoms with Crippen LogP contribution in [0.3, 0.4) is 0 Å². The van der Waals surface area contributed by atoms with Gasteiger partial charge in [0, 0.05) is 16.9 Å². The molecule has 2 heterocycles. The van der Waals surface area contributed by atoms with Gasteiger partial charge in [0.2, 0.25) is 0 Å². The van der Waals surface area contributed by atoms with E-state index in [2.05, 4.69) is 6.07 Å². The summed E-state index contributed by atoms with van der Waals surface area (Å²) >= 11 is 1.60. The zero-order chi connectivity index (χ0) is 12.6. The number of ether oxygens (including phenoxy) is 1. The normalized spacial score (nSPS) is 25.1. The monoisotopic (exact) mass is 259 g/mol. The van der Waals surface area contributed by atoms with Gasteiger partial charge in [-0.2, -0.15) is 5.26 Å². The second-order valence-electron chi connectivity index (χ2n) is 4.66. The fourth-order valence-electron chi connectivity index (χ4n) is 2.45. The van der Waals surface area contributed by atoms with E-state index in [1.165, 1.54) is 0 Å². The molecule has 1 aromatic heterocycles. The van der Waals surface area contributed by atoms with E-state index in [1.54, 1.807) is 11.3 Å². The molecule has 1 aliphatic heterocycles. The average molecular weight is 259 g/mol. The van der Waals surface area contributed by atoms with E-state index in [0.29, 0.717) is 19.6 Å². The first-order chi connectivity index (χ1) is 8.77. The Labute approximate surface area is 109 Å². The molecule has 1 saturated heterocycles. The topological polar surface area (TPSA) is 53.2 Å². The van der Waals surface area contributed by atoms with E-state index in [-0.39, 0.29) is 0 Å². The zero-order valence-corrected chi connectivity index (χ0v) is 10.6. The lowest BCUT2D eigenvalue weighted by molar-refractivity contribution is 0.0517. The van der Waals surface area contributed by atoms with E-state index in [9.17, 15) is 10.4 Å². The number of aliphatic hydroxyl groups is 1. The van der Waals surface area contributed by atoms with Crippen LogP contribution in [0.15, 0.2) is 29.6 Å². The number of hydrogen-bond acceptors (Lipinski definition) is 4. The Morgan fingerprint density at radius 2 is 2.28 bits per heavy atom. The largest absolute Gasteiger partial charge is 0.387 e. The van der Waals surface area contributed by atoms with Crippen LogP contribution in [0.5, 0.6) is 0 Å². The number of fused-ring (bicyclic) bond motifs is 1. The van der Waals surface area contributed by atoms with Crippen molar-refractivity contribution in [1.82, 2.24) is 0 Å². The highest BCUT2D eigenvalue weighted by Crippen LogP contribution is 2.44. The molecule has 1 aromatic carbocycles. The first kappa shape index (κ1) is 11.7. The van der Waals surface area contributed by atoms with Gasteiger partial charge in [0.1, 0.15) is 11.5 Å². The highest BCUT2D eigenvalue weighted by atomic mass is 32.1. The van der Waals surface area contributed by atoms with Crippen molar-refractivity contribution in [2.45, 2.75) is 12.5 Å². The molecule has 1 aliphatic rings. The summed E-state index contributed by atoms with van der Waals surface area (Å²) in [6, 6.07) is 10.2. The molecule has 0 saturated carbocycles. The van der Waals surface area contributed by atoms with Crippen LogP contribution in [-0.2, 0) is 4.74 Å². The van der Waals surface area contributed by atoms with Crippen LogP contribution in [0.4, 0.5) is 0 Å². The van der Waals surface area contributed by atoms with Gasteiger partial charge in [-0.3, -0.25) is 0 Å². The maximum absolute atomic E-state index is 10.6. The number of benzene rings is 1. The second-order valence-corrected chi connectivity index (χ2v) is 5.57. The smallest absolute Gasteiger partial charge is 0.113 e. The predicted octanol–water partition coefficient (Wildman–Crippen LogP) is 2.86. The minimum absolute atomic E-state index is 0.314. The molecule has 0 radical (unpaired) electrons. The number of thiophene rings is 1. The predicted molar refractivity (Wildman–Crippen MR) is 70.3 cm³/mol. The van der Waals surface area contributed by atoms with Gasteiger partial charge in [0.25, 0.3) is 0 Å². The van der Waals surface area contributed by atoms with Crippen LogP contribution in [0.1, 0.15) is 18.1 Å². The van der Waals surface area contributed by atoms with E-state index in [1.807, 2.05) is 29.6 Å². The molecule has 0 amide bonds. The number of hydrogen-bond donors (Lipinski definition) is 1. The SMILES string of the molecule is N#CC1(C(O)c2csc3ccccc23)CCOC1. The number of nitriles is 1. The highest BCUT2D eigenvalue weighted by molar-refractivity contribution is 7.17. The molecule has 3 rings (SSSR count). The molecule has 2 aromatic rings. The van der Waals surface area contributed by atoms with Gasteiger partial charge < -0.3 is 9.84 Å². The van der Waals surface area contributed by atoms with Crippen molar-refractivity contribution in [2.24, 2.45) is 5.41 Å². The maximum Gasteiger partial charge on any atom is 0.113 e. The quantitative estimate of drug-likeness (QED) is 0.902. The minimum atomic E-state index is -0.788. The van der Waals surface area contributed by atoms with Gasteiger partial charge in [0.15, 0.2) is 0 Å². The Bertz CT molecular complexity index is 608. The first-order valence-corrected chi connectivity index (χ1v) is 6.78. The van der Waals surface area contributed by atoms with Gasteiger partial charge in [-0.15, -0.1) is 11.3 Å². The van der Waals surface area contributed by atoms with Crippen molar-refractivity contribution in [3.63, 3.8) is 0 Å². The molecule has 0 bridgehead atoms. The summed E-state index contributed by atoms with van der Waals surface area (Å²) in [6.07, 6.45) is -0.185. The van der Waals surface area contributed by atoms with Gasteiger partial charge in [0.05, 0.1) is 12.7 Å². The summed E-state index contributed by atoms with van der Waals surface area (Å²) in [5, 5.41) is 22.9. The zero-order valence-electron chi connectivity index (χ0n) is 9.80. The van der Waals surface area contributed by atoms with Crippen LogP contribution < -0.4 is 0 Å². The Morgan fingerprint density at radius 1 is 1.44 bits per heavy atom. The van der Waals surface area contributed by atoms with Gasteiger partial charge in [-0.1, -0.05) is 18.2 Å². The second kappa shape index (κ2) is 4.36. The molecule has 18 heavy (non-hydrogen) atoms. The van der Waals surface area contributed by atoms with Crippen molar-refractivity contribution in [3.8, 4) is 6.07 Å². The van der Waals surface area contributed by atoms with Crippen molar-refractivity contribution >= 4 is 21.4 Å². The Kier molecular flexibility index (Phi) is 2.83. The first-order valence-electron chi connectivity index (χ1n) is 5.90. The summed E-state index contributed by atoms with van der Waals surface area (Å²) in [5.74, 6) is 0. The van der Waals surface area contributed by atoms with E-state index in [0.717, 1.165) is 15.6 Å². The lowest BCUT2D eigenvalue weighted by Gasteiger charge is -2.25. The Morgan fingerprint density at radius 3 is 3.00 bits per heavy atom. The molecule has 1 N–H and O–H groups in total. The molecule has 0 aliphatic carbocycles. The van der Waals surface area contributed by atoms with Crippen molar-refractivity contribution in [3.05, 3.63) is 35.2 Å². The summed E-state index contributed by atoms with van der Waals surface area (Å²) in [7, 11) is 0. The number of aliphatic hydroxyl groups excluding tert-OH is 1. The van der Waals surface area contributed by atoms with E-state index < -0.39 is 11.5 Å². The Balaban J connectivity index is 2.07. The highest BCUT2D eigenvalue weighted by Gasteiger charge is 2.43.